The third kappa shape index (κ3) is 3.44. The summed E-state index contributed by atoms with van der Waals surface area (Å²) in [6.45, 7) is 6.33. The van der Waals surface area contributed by atoms with Gasteiger partial charge in [-0.05, 0) is 71.9 Å². The lowest BCUT2D eigenvalue weighted by Crippen LogP contribution is -2.44. The molecule has 16 heavy (non-hydrogen) atoms. The lowest BCUT2D eigenvalue weighted by molar-refractivity contribution is 0.122. The summed E-state index contributed by atoms with van der Waals surface area (Å²) >= 11 is 0. The van der Waals surface area contributed by atoms with Crippen LogP contribution in [0.2, 0.25) is 0 Å². The lowest BCUT2D eigenvalue weighted by atomic mass is 9.95. The Morgan fingerprint density at radius 1 is 1.12 bits per heavy atom. The summed E-state index contributed by atoms with van der Waals surface area (Å²) in [7, 11) is 4.57. The predicted octanol–water partition coefficient (Wildman–Crippen LogP) is 1.01. The summed E-state index contributed by atoms with van der Waals surface area (Å²) in [5, 5.41) is 3.45. The molecule has 0 bridgehead atoms. The summed E-state index contributed by atoms with van der Waals surface area (Å²) in [4.78, 5) is 5.08. The topological polar surface area (TPSA) is 18.5 Å². The monoisotopic (exact) mass is 225 g/mol. The van der Waals surface area contributed by atoms with E-state index in [0.717, 1.165) is 12.0 Å². The van der Waals surface area contributed by atoms with Crippen LogP contribution in [0.4, 0.5) is 0 Å². The van der Waals surface area contributed by atoms with Crippen LogP contribution in [0.1, 0.15) is 25.7 Å². The van der Waals surface area contributed by atoms with E-state index in [0.29, 0.717) is 0 Å². The maximum Gasteiger partial charge on any atom is 0.0117 e. The van der Waals surface area contributed by atoms with E-state index in [1.165, 1.54) is 58.4 Å². The zero-order valence-corrected chi connectivity index (χ0v) is 10.9. The van der Waals surface area contributed by atoms with Crippen LogP contribution in [0, 0.1) is 5.92 Å². The van der Waals surface area contributed by atoms with E-state index in [-0.39, 0.29) is 0 Å². The Morgan fingerprint density at radius 2 is 1.75 bits per heavy atom. The Hall–Kier alpha value is -0.120. The van der Waals surface area contributed by atoms with Gasteiger partial charge in [0.05, 0.1) is 0 Å². The standard InChI is InChI=1S/C13H27N3/c1-15-9-5-13(6-10-15)16(2)11-12-3-7-14-8-4-12/h12-14H,3-11H2,1-2H3. The molecule has 2 heterocycles. The SMILES string of the molecule is CN1CCC(N(C)CC2CCNCC2)CC1. The second kappa shape index (κ2) is 5.99. The fourth-order valence-electron chi connectivity index (χ4n) is 3.06. The Bertz CT molecular complexity index is 193. The summed E-state index contributed by atoms with van der Waals surface area (Å²) in [6, 6.07) is 0.839. The van der Waals surface area contributed by atoms with Crippen LogP contribution in [0.5, 0.6) is 0 Å². The molecule has 2 rings (SSSR count). The summed E-state index contributed by atoms with van der Waals surface area (Å²) in [6.07, 6.45) is 5.46. The van der Waals surface area contributed by atoms with E-state index >= 15 is 0 Å². The Balaban J connectivity index is 1.72. The summed E-state index contributed by atoms with van der Waals surface area (Å²) < 4.78 is 0. The van der Waals surface area contributed by atoms with E-state index in [1.54, 1.807) is 0 Å². The van der Waals surface area contributed by atoms with Gasteiger partial charge in [-0.2, -0.15) is 0 Å². The molecule has 0 unspecified atom stereocenters. The van der Waals surface area contributed by atoms with Crippen LogP contribution < -0.4 is 5.32 Å². The summed E-state index contributed by atoms with van der Waals surface area (Å²) in [5.74, 6) is 0.936. The minimum atomic E-state index is 0.839. The van der Waals surface area contributed by atoms with Crippen molar-refractivity contribution in [2.45, 2.75) is 31.7 Å². The normalized spacial score (nSPS) is 26.4. The van der Waals surface area contributed by atoms with Crippen LogP contribution in [0.25, 0.3) is 0 Å². The minimum Gasteiger partial charge on any atom is -0.317 e. The van der Waals surface area contributed by atoms with E-state index in [4.69, 9.17) is 0 Å². The first kappa shape index (κ1) is 12.3. The van der Waals surface area contributed by atoms with Crippen molar-refractivity contribution in [2.75, 3.05) is 46.8 Å². The third-order valence-corrected chi connectivity index (χ3v) is 4.32. The maximum atomic E-state index is 3.45. The maximum absolute atomic E-state index is 3.45. The van der Waals surface area contributed by atoms with Crippen molar-refractivity contribution in [1.82, 2.24) is 15.1 Å². The van der Waals surface area contributed by atoms with Gasteiger partial charge in [0.2, 0.25) is 0 Å². The zero-order chi connectivity index (χ0) is 11.4. The van der Waals surface area contributed by atoms with E-state index in [9.17, 15) is 0 Å². The van der Waals surface area contributed by atoms with Gasteiger partial charge in [0.25, 0.3) is 0 Å². The van der Waals surface area contributed by atoms with Crippen molar-refractivity contribution >= 4 is 0 Å². The van der Waals surface area contributed by atoms with E-state index < -0.39 is 0 Å². The smallest absolute Gasteiger partial charge is 0.0117 e. The molecule has 0 atom stereocenters. The summed E-state index contributed by atoms with van der Waals surface area (Å²) in [5.41, 5.74) is 0. The van der Waals surface area contributed by atoms with Gasteiger partial charge >= 0.3 is 0 Å². The molecular formula is C13H27N3. The molecule has 0 amide bonds. The highest BCUT2D eigenvalue weighted by molar-refractivity contribution is 4.79. The molecule has 3 heteroatoms. The van der Waals surface area contributed by atoms with Crippen LogP contribution >= 0.6 is 0 Å². The van der Waals surface area contributed by atoms with Gasteiger partial charge in [0, 0.05) is 12.6 Å². The van der Waals surface area contributed by atoms with Crippen LogP contribution in [0.3, 0.4) is 0 Å². The van der Waals surface area contributed by atoms with Gasteiger partial charge in [-0.1, -0.05) is 0 Å². The average molecular weight is 225 g/mol. The molecule has 0 aromatic rings. The highest BCUT2D eigenvalue weighted by Crippen LogP contribution is 2.18. The van der Waals surface area contributed by atoms with Crippen molar-refractivity contribution in [1.29, 1.82) is 0 Å². The van der Waals surface area contributed by atoms with Crippen LogP contribution in [-0.2, 0) is 0 Å². The quantitative estimate of drug-likeness (QED) is 0.773. The Labute approximate surface area is 100 Å². The molecule has 1 N–H and O–H groups in total. The molecule has 0 radical (unpaired) electrons. The Morgan fingerprint density at radius 3 is 2.38 bits per heavy atom. The van der Waals surface area contributed by atoms with E-state index in [1.807, 2.05) is 0 Å². The van der Waals surface area contributed by atoms with Crippen LogP contribution in [0.15, 0.2) is 0 Å². The molecule has 3 nitrogen and oxygen atoms in total. The molecule has 0 spiro atoms. The van der Waals surface area contributed by atoms with E-state index in [2.05, 4.69) is 29.2 Å². The van der Waals surface area contributed by atoms with Crippen molar-refractivity contribution < 1.29 is 0 Å². The van der Waals surface area contributed by atoms with Gasteiger partial charge in [-0.3, -0.25) is 0 Å². The number of rotatable bonds is 3. The molecule has 94 valence electrons. The first-order valence-electron chi connectivity index (χ1n) is 6.85. The molecule has 2 fully saturated rings. The molecule has 0 aromatic carbocycles. The lowest BCUT2D eigenvalue weighted by Gasteiger charge is -2.37. The van der Waals surface area contributed by atoms with Gasteiger partial charge in [0.1, 0.15) is 0 Å². The molecule has 2 aliphatic heterocycles. The molecular weight excluding hydrogens is 198 g/mol. The number of likely N-dealkylation sites (tertiary alicyclic amines) is 1. The zero-order valence-electron chi connectivity index (χ0n) is 10.9. The van der Waals surface area contributed by atoms with Gasteiger partial charge in [0.15, 0.2) is 0 Å². The first-order valence-corrected chi connectivity index (χ1v) is 6.85. The molecule has 2 aliphatic rings. The largest absolute Gasteiger partial charge is 0.317 e. The number of nitrogens with zero attached hydrogens (tertiary/aromatic N) is 2. The van der Waals surface area contributed by atoms with Crippen LogP contribution in [-0.4, -0.2) is 62.7 Å². The number of nitrogens with one attached hydrogen (secondary N) is 1. The molecule has 0 aromatic heterocycles. The molecule has 0 aliphatic carbocycles. The predicted molar refractivity (Wildman–Crippen MR) is 68.7 cm³/mol. The highest BCUT2D eigenvalue weighted by Gasteiger charge is 2.23. The molecule has 0 saturated carbocycles. The fourth-order valence-corrected chi connectivity index (χ4v) is 3.06. The van der Waals surface area contributed by atoms with Gasteiger partial charge in [-0.15, -0.1) is 0 Å². The highest BCUT2D eigenvalue weighted by atomic mass is 15.2. The van der Waals surface area contributed by atoms with Crippen molar-refractivity contribution in [3.8, 4) is 0 Å². The average Bonchev–Trinajstić information content (AvgIpc) is 2.31. The molecule has 2 saturated heterocycles. The van der Waals surface area contributed by atoms with Crippen molar-refractivity contribution in [3.63, 3.8) is 0 Å². The number of hydrogen-bond acceptors (Lipinski definition) is 3. The minimum absolute atomic E-state index is 0.839. The second-order valence-corrected chi connectivity index (χ2v) is 5.67. The second-order valence-electron chi connectivity index (χ2n) is 5.67. The van der Waals surface area contributed by atoms with Crippen molar-refractivity contribution in [3.05, 3.63) is 0 Å². The third-order valence-electron chi connectivity index (χ3n) is 4.32. The number of hydrogen-bond donors (Lipinski definition) is 1. The fraction of sp³-hybridized carbons (Fsp3) is 1.00. The van der Waals surface area contributed by atoms with Crippen molar-refractivity contribution in [2.24, 2.45) is 5.92 Å². The van der Waals surface area contributed by atoms with Gasteiger partial charge < -0.3 is 15.1 Å². The Kier molecular flexibility index (Phi) is 4.62. The first-order chi connectivity index (χ1) is 7.75. The number of piperidine rings is 2. The van der Waals surface area contributed by atoms with Gasteiger partial charge in [-0.25, -0.2) is 0 Å².